The minimum atomic E-state index is -0.708. The van der Waals surface area contributed by atoms with Crippen molar-refractivity contribution in [1.29, 1.82) is 0 Å². The minimum Gasteiger partial charge on any atom is -0.483 e. The molecule has 2 amide bonds. The van der Waals surface area contributed by atoms with E-state index < -0.39 is 6.04 Å². The highest BCUT2D eigenvalue weighted by Crippen LogP contribution is 2.26. The van der Waals surface area contributed by atoms with Gasteiger partial charge in [0.05, 0.1) is 4.47 Å². The lowest BCUT2D eigenvalue weighted by Crippen LogP contribution is -2.51. The highest BCUT2D eigenvalue weighted by atomic mass is 79.9. The molecular weight excluding hydrogens is 540 g/mol. The summed E-state index contributed by atoms with van der Waals surface area (Å²) in [5, 5.41) is 3.55. The Kier molecular flexibility index (Phi) is 10.8. The molecule has 0 heterocycles. The Balaban J connectivity index is 1.89. The smallest absolute Gasteiger partial charge is 0.261 e. The fraction of sp³-hybridized carbons (Fsp3) is 0.310. The summed E-state index contributed by atoms with van der Waals surface area (Å²) in [4.78, 5) is 28.5. The summed E-state index contributed by atoms with van der Waals surface area (Å²) in [7, 11) is 0. The van der Waals surface area contributed by atoms with E-state index in [2.05, 4.69) is 28.2 Å². The molecule has 7 heteroatoms. The largest absolute Gasteiger partial charge is 0.483 e. The second kappa shape index (κ2) is 14.0. The number of amides is 2. The van der Waals surface area contributed by atoms with Gasteiger partial charge in [0.25, 0.3) is 5.91 Å². The number of carbonyl (C=O) groups excluding carboxylic acids is 2. The quantitative estimate of drug-likeness (QED) is 0.281. The summed E-state index contributed by atoms with van der Waals surface area (Å²) in [6.07, 6.45) is 2.09. The van der Waals surface area contributed by atoms with Crippen LogP contribution in [0.1, 0.15) is 37.0 Å². The summed E-state index contributed by atoms with van der Waals surface area (Å²) >= 11 is 9.75. The number of carbonyl (C=O) groups is 2. The van der Waals surface area contributed by atoms with Gasteiger partial charge in [0.1, 0.15) is 11.8 Å². The molecule has 0 aliphatic heterocycles. The maximum Gasteiger partial charge on any atom is 0.261 e. The highest BCUT2D eigenvalue weighted by Gasteiger charge is 2.30. The number of hydrogen-bond acceptors (Lipinski definition) is 3. The zero-order valence-electron chi connectivity index (χ0n) is 20.7. The Hall–Kier alpha value is -2.83. The van der Waals surface area contributed by atoms with Gasteiger partial charge in [0.2, 0.25) is 5.91 Å². The van der Waals surface area contributed by atoms with Gasteiger partial charge in [-0.2, -0.15) is 0 Å². The lowest BCUT2D eigenvalue weighted by molar-refractivity contribution is -0.142. The molecule has 3 rings (SSSR count). The number of aryl methyl sites for hydroxylation is 1. The molecule has 3 aromatic carbocycles. The first-order valence-corrected chi connectivity index (χ1v) is 13.3. The summed E-state index contributed by atoms with van der Waals surface area (Å²) in [6, 6.07) is 22.2. The van der Waals surface area contributed by atoms with Crippen molar-refractivity contribution in [2.24, 2.45) is 0 Å². The third kappa shape index (κ3) is 8.10. The Morgan fingerprint density at radius 2 is 1.72 bits per heavy atom. The summed E-state index contributed by atoms with van der Waals surface area (Å²) in [5.41, 5.74) is 2.97. The van der Waals surface area contributed by atoms with Crippen LogP contribution in [0, 0.1) is 0 Å². The van der Waals surface area contributed by atoms with Crippen LogP contribution in [0.5, 0.6) is 5.75 Å². The van der Waals surface area contributed by atoms with E-state index in [4.69, 9.17) is 16.3 Å². The molecule has 36 heavy (non-hydrogen) atoms. The summed E-state index contributed by atoms with van der Waals surface area (Å²) < 4.78 is 6.70. The Bertz CT molecular complexity index is 1160. The van der Waals surface area contributed by atoms with Gasteiger partial charge in [-0.25, -0.2) is 0 Å². The average molecular weight is 572 g/mol. The third-order valence-corrected chi connectivity index (χ3v) is 6.67. The molecular formula is C29H32BrClN2O3. The molecule has 0 aromatic heterocycles. The van der Waals surface area contributed by atoms with Crippen molar-refractivity contribution in [1.82, 2.24) is 10.2 Å². The Morgan fingerprint density at radius 1 is 0.972 bits per heavy atom. The van der Waals surface area contributed by atoms with E-state index in [9.17, 15) is 9.59 Å². The molecule has 0 saturated heterocycles. The summed E-state index contributed by atoms with van der Waals surface area (Å²) in [6.45, 7) is 4.65. The van der Waals surface area contributed by atoms with Gasteiger partial charge >= 0.3 is 0 Å². The normalized spacial score (nSPS) is 11.6. The monoisotopic (exact) mass is 570 g/mol. The van der Waals surface area contributed by atoms with Crippen LogP contribution in [0.15, 0.2) is 77.3 Å². The number of nitrogens with zero attached hydrogens (tertiary/aromatic N) is 1. The zero-order chi connectivity index (χ0) is 25.9. The van der Waals surface area contributed by atoms with Crippen molar-refractivity contribution in [3.8, 4) is 5.75 Å². The molecule has 0 saturated carbocycles. The van der Waals surface area contributed by atoms with Gasteiger partial charge in [0, 0.05) is 24.5 Å². The minimum absolute atomic E-state index is 0.190. The molecule has 0 aliphatic carbocycles. The van der Waals surface area contributed by atoms with Crippen LogP contribution in [0.2, 0.25) is 5.02 Å². The van der Waals surface area contributed by atoms with Gasteiger partial charge in [-0.15, -0.1) is 0 Å². The van der Waals surface area contributed by atoms with E-state index >= 15 is 0 Å². The van der Waals surface area contributed by atoms with Gasteiger partial charge in [-0.3, -0.25) is 9.59 Å². The number of ether oxygens (including phenoxy) is 1. The van der Waals surface area contributed by atoms with Crippen LogP contribution < -0.4 is 10.1 Å². The summed E-state index contributed by atoms with van der Waals surface area (Å²) in [5.74, 6) is 0.108. The van der Waals surface area contributed by atoms with E-state index in [0.717, 1.165) is 28.4 Å². The molecule has 0 spiro atoms. The van der Waals surface area contributed by atoms with Crippen molar-refractivity contribution in [3.05, 3.63) is 99.0 Å². The van der Waals surface area contributed by atoms with E-state index in [1.54, 1.807) is 11.0 Å². The van der Waals surface area contributed by atoms with E-state index in [0.29, 0.717) is 23.7 Å². The van der Waals surface area contributed by atoms with Gasteiger partial charge in [-0.1, -0.05) is 74.0 Å². The van der Waals surface area contributed by atoms with Gasteiger partial charge < -0.3 is 15.0 Å². The third-order valence-electron chi connectivity index (χ3n) is 5.82. The van der Waals surface area contributed by atoms with Crippen molar-refractivity contribution in [2.45, 2.75) is 45.7 Å². The SMILES string of the molecule is CCCNC(=O)C(Cc1ccccc1)N(Cc1cccc(Cl)c1)C(=O)COc1ccc(CC)cc1Br. The number of hydrogen-bond donors (Lipinski definition) is 1. The van der Waals surface area contributed by atoms with E-state index in [1.807, 2.05) is 73.7 Å². The topological polar surface area (TPSA) is 58.6 Å². The lowest BCUT2D eigenvalue weighted by atomic mass is 10.0. The molecule has 0 aliphatic rings. The molecule has 0 fully saturated rings. The van der Waals surface area contributed by atoms with Crippen LogP contribution in [-0.4, -0.2) is 35.9 Å². The molecule has 0 bridgehead atoms. The first kappa shape index (κ1) is 27.8. The van der Waals surface area contributed by atoms with Crippen LogP contribution >= 0.6 is 27.5 Å². The second-order valence-electron chi connectivity index (χ2n) is 8.56. The predicted octanol–water partition coefficient (Wildman–Crippen LogP) is 6.21. The van der Waals surface area contributed by atoms with Crippen LogP contribution in [0.3, 0.4) is 0 Å². The van der Waals surface area contributed by atoms with Crippen LogP contribution in [0.25, 0.3) is 0 Å². The Labute approximate surface area is 226 Å². The zero-order valence-corrected chi connectivity index (χ0v) is 23.0. The molecule has 3 aromatic rings. The molecule has 190 valence electrons. The molecule has 5 nitrogen and oxygen atoms in total. The van der Waals surface area contributed by atoms with Crippen LogP contribution in [0.4, 0.5) is 0 Å². The van der Waals surface area contributed by atoms with Crippen LogP contribution in [-0.2, 0) is 29.0 Å². The van der Waals surface area contributed by atoms with E-state index in [-0.39, 0.29) is 25.0 Å². The first-order valence-electron chi connectivity index (χ1n) is 12.2. The second-order valence-corrected chi connectivity index (χ2v) is 9.85. The lowest BCUT2D eigenvalue weighted by Gasteiger charge is -2.31. The average Bonchev–Trinajstić information content (AvgIpc) is 2.89. The number of rotatable bonds is 12. The standard InChI is InChI=1S/C29H32BrClN2O3/c1-3-15-32-29(35)26(18-22-9-6-5-7-10-22)33(19-23-11-8-12-24(31)16-23)28(34)20-36-27-14-13-21(4-2)17-25(27)30/h5-14,16-17,26H,3-4,15,18-20H2,1-2H3,(H,32,35). The number of halogens is 2. The van der Waals surface area contributed by atoms with Crippen molar-refractivity contribution in [3.63, 3.8) is 0 Å². The van der Waals surface area contributed by atoms with Crippen molar-refractivity contribution < 1.29 is 14.3 Å². The molecule has 1 N–H and O–H groups in total. The molecule has 1 atom stereocenters. The first-order chi connectivity index (χ1) is 17.4. The Morgan fingerprint density at radius 3 is 2.39 bits per heavy atom. The number of benzene rings is 3. The maximum absolute atomic E-state index is 13.6. The predicted molar refractivity (Wildman–Crippen MR) is 148 cm³/mol. The van der Waals surface area contributed by atoms with Crippen molar-refractivity contribution in [2.75, 3.05) is 13.2 Å². The number of nitrogens with one attached hydrogen (secondary N) is 1. The molecule has 1 unspecified atom stereocenters. The van der Waals surface area contributed by atoms with E-state index in [1.165, 1.54) is 5.56 Å². The fourth-order valence-corrected chi connectivity index (χ4v) is 4.61. The highest BCUT2D eigenvalue weighted by molar-refractivity contribution is 9.10. The molecule has 0 radical (unpaired) electrons. The maximum atomic E-state index is 13.6. The fourth-order valence-electron chi connectivity index (χ4n) is 3.86. The van der Waals surface area contributed by atoms with Crippen molar-refractivity contribution >= 4 is 39.3 Å². The van der Waals surface area contributed by atoms with Gasteiger partial charge in [-0.05, 0) is 69.7 Å². The van der Waals surface area contributed by atoms with Gasteiger partial charge in [0.15, 0.2) is 6.61 Å².